The van der Waals surface area contributed by atoms with Crippen LogP contribution in [0.4, 0.5) is 0 Å². The highest BCUT2D eigenvalue weighted by Gasteiger charge is 2.12. The van der Waals surface area contributed by atoms with Gasteiger partial charge in [0.25, 0.3) is 5.91 Å². The van der Waals surface area contributed by atoms with Crippen molar-refractivity contribution in [2.75, 3.05) is 6.54 Å². The minimum absolute atomic E-state index is 0.225. The van der Waals surface area contributed by atoms with Gasteiger partial charge in [-0.25, -0.2) is 0 Å². The Morgan fingerprint density at radius 3 is 2.68 bits per heavy atom. The van der Waals surface area contributed by atoms with Crippen LogP contribution in [0.25, 0.3) is 11.1 Å². The van der Waals surface area contributed by atoms with Crippen molar-refractivity contribution in [1.82, 2.24) is 10.5 Å². The number of aromatic nitrogens is 1. The Balaban J connectivity index is 1.60. The predicted molar refractivity (Wildman–Crippen MR) is 87.0 cm³/mol. The number of amides is 1. The summed E-state index contributed by atoms with van der Waals surface area (Å²) >= 11 is 1.69. The highest BCUT2D eigenvalue weighted by Crippen LogP contribution is 2.24. The SMILES string of the molecule is CC(CNC(=O)c1ccno1)c1ccc(-c2ccsc2)cc1. The van der Waals surface area contributed by atoms with E-state index in [0.717, 1.165) is 0 Å². The molecule has 0 saturated heterocycles. The fourth-order valence-corrected chi connectivity index (χ4v) is 2.88. The Morgan fingerprint density at radius 2 is 2.05 bits per heavy atom. The molecule has 0 saturated carbocycles. The molecule has 0 spiro atoms. The summed E-state index contributed by atoms with van der Waals surface area (Å²) in [6.45, 7) is 2.64. The van der Waals surface area contributed by atoms with E-state index in [-0.39, 0.29) is 17.6 Å². The molecule has 1 amide bonds. The van der Waals surface area contributed by atoms with Crippen molar-refractivity contribution in [1.29, 1.82) is 0 Å². The summed E-state index contributed by atoms with van der Waals surface area (Å²) in [5.74, 6) is 0.225. The summed E-state index contributed by atoms with van der Waals surface area (Å²) in [6, 6.07) is 12.1. The van der Waals surface area contributed by atoms with Crippen molar-refractivity contribution in [3.05, 3.63) is 64.7 Å². The van der Waals surface area contributed by atoms with Crippen LogP contribution in [0.5, 0.6) is 0 Å². The first kappa shape index (κ1) is 14.5. The van der Waals surface area contributed by atoms with E-state index in [0.29, 0.717) is 6.54 Å². The molecule has 2 heterocycles. The number of benzene rings is 1. The second-order valence-corrected chi connectivity index (χ2v) is 5.90. The Bertz CT molecular complexity index is 719. The monoisotopic (exact) mass is 312 g/mol. The van der Waals surface area contributed by atoms with E-state index in [1.165, 1.54) is 22.9 Å². The molecule has 0 fully saturated rings. The van der Waals surface area contributed by atoms with E-state index in [2.05, 4.69) is 58.5 Å². The summed E-state index contributed by atoms with van der Waals surface area (Å²) in [6.07, 6.45) is 1.46. The maximum atomic E-state index is 11.8. The van der Waals surface area contributed by atoms with Crippen LogP contribution in [0.15, 0.2) is 57.9 Å². The van der Waals surface area contributed by atoms with Crippen LogP contribution in [-0.2, 0) is 0 Å². The molecule has 1 unspecified atom stereocenters. The molecule has 0 bridgehead atoms. The van der Waals surface area contributed by atoms with Gasteiger partial charge < -0.3 is 9.84 Å². The van der Waals surface area contributed by atoms with Crippen LogP contribution in [0.2, 0.25) is 0 Å². The topological polar surface area (TPSA) is 55.1 Å². The van der Waals surface area contributed by atoms with Gasteiger partial charge in [-0.15, -0.1) is 0 Å². The van der Waals surface area contributed by atoms with Crippen LogP contribution in [0.1, 0.15) is 29.0 Å². The molecule has 22 heavy (non-hydrogen) atoms. The van der Waals surface area contributed by atoms with Crippen molar-refractivity contribution in [2.45, 2.75) is 12.8 Å². The molecular formula is C17H16N2O2S. The van der Waals surface area contributed by atoms with Gasteiger partial charge in [0.2, 0.25) is 5.76 Å². The smallest absolute Gasteiger partial charge is 0.289 e. The summed E-state index contributed by atoms with van der Waals surface area (Å²) in [5, 5.41) is 10.6. The standard InChI is InChI=1S/C17H16N2O2S/c1-12(10-18-17(20)16-6-8-19-21-16)13-2-4-14(5-3-13)15-7-9-22-11-15/h2-9,11-12H,10H2,1H3,(H,18,20). The van der Waals surface area contributed by atoms with Crippen molar-refractivity contribution in [2.24, 2.45) is 0 Å². The minimum Gasteiger partial charge on any atom is -0.351 e. The maximum Gasteiger partial charge on any atom is 0.289 e. The Kier molecular flexibility index (Phi) is 4.34. The number of nitrogens with one attached hydrogen (secondary N) is 1. The average Bonchev–Trinajstić information content (AvgIpc) is 3.25. The van der Waals surface area contributed by atoms with E-state index >= 15 is 0 Å². The number of thiophene rings is 1. The van der Waals surface area contributed by atoms with Gasteiger partial charge in [-0.3, -0.25) is 4.79 Å². The third-order valence-electron chi connectivity index (χ3n) is 3.56. The fraction of sp³-hybridized carbons (Fsp3) is 0.176. The maximum absolute atomic E-state index is 11.8. The van der Waals surface area contributed by atoms with Crippen molar-refractivity contribution < 1.29 is 9.32 Å². The van der Waals surface area contributed by atoms with Gasteiger partial charge in [-0.05, 0) is 39.4 Å². The first-order valence-electron chi connectivity index (χ1n) is 7.05. The van der Waals surface area contributed by atoms with Crippen LogP contribution in [-0.4, -0.2) is 17.6 Å². The van der Waals surface area contributed by atoms with E-state index in [1.54, 1.807) is 17.4 Å². The fourth-order valence-electron chi connectivity index (χ4n) is 2.22. The molecule has 1 aromatic carbocycles. The van der Waals surface area contributed by atoms with Gasteiger partial charge in [0.1, 0.15) is 0 Å². The van der Waals surface area contributed by atoms with E-state index in [9.17, 15) is 4.79 Å². The highest BCUT2D eigenvalue weighted by molar-refractivity contribution is 7.08. The summed E-state index contributed by atoms with van der Waals surface area (Å²) in [7, 11) is 0. The third-order valence-corrected chi connectivity index (χ3v) is 4.25. The molecule has 5 heteroatoms. The molecule has 0 radical (unpaired) electrons. The molecule has 4 nitrogen and oxygen atoms in total. The first-order chi connectivity index (χ1) is 10.7. The number of hydrogen-bond acceptors (Lipinski definition) is 4. The molecule has 1 N–H and O–H groups in total. The lowest BCUT2D eigenvalue weighted by molar-refractivity contribution is 0.0915. The van der Waals surface area contributed by atoms with Gasteiger partial charge in [-0.2, -0.15) is 11.3 Å². The lowest BCUT2D eigenvalue weighted by Crippen LogP contribution is -2.27. The highest BCUT2D eigenvalue weighted by atomic mass is 32.1. The molecule has 3 rings (SSSR count). The summed E-state index contributed by atoms with van der Waals surface area (Å²) in [4.78, 5) is 11.8. The number of hydrogen-bond donors (Lipinski definition) is 1. The molecule has 112 valence electrons. The van der Waals surface area contributed by atoms with Gasteiger partial charge in [0.05, 0.1) is 6.20 Å². The van der Waals surface area contributed by atoms with Gasteiger partial charge in [-0.1, -0.05) is 36.3 Å². The van der Waals surface area contributed by atoms with Gasteiger partial charge >= 0.3 is 0 Å². The second kappa shape index (κ2) is 6.58. The zero-order valence-electron chi connectivity index (χ0n) is 12.2. The van der Waals surface area contributed by atoms with Crippen LogP contribution in [0, 0.1) is 0 Å². The van der Waals surface area contributed by atoms with Crippen LogP contribution >= 0.6 is 11.3 Å². The van der Waals surface area contributed by atoms with Crippen molar-refractivity contribution in [3.8, 4) is 11.1 Å². The number of carbonyl (C=O) groups is 1. The van der Waals surface area contributed by atoms with E-state index in [4.69, 9.17) is 4.52 Å². The van der Waals surface area contributed by atoms with E-state index in [1.807, 2.05) is 0 Å². The molecule has 2 aromatic heterocycles. The molecule has 0 aliphatic carbocycles. The predicted octanol–water partition coefficient (Wildman–Crippen LogP) is 3.94. The van der Waals surface area contributed by atoms with Gasteiger partial charge in [0, 0.05) is 12.6 Å². The quantitative estimate of drug-likeness (QED) is 0.776. The summed E-state index contributed by atoms with van der Waals surface area (Å²) in [5.41, 5.74) is 3.64. The van der Waals surface area contributed by atoms with Crippen LogP contribution in [0.3, 0.4) is 0 Å². The molecule has 0 aliphatic rings. The zero-order valence-corrected chi connectivity index (χ0v) is 13.0. The number of nitrogens with zero attached hydrogens (tertiary/aromatic N) is 1. The lowest BCUT2D eigenvalue weighted by Gasteiger charge is -2.13. The van der Waals surface area contributed by atoms with Crippen molar-refractivity contribution >= 4 is 17.2 Å². The third kappa shape index (κ3) is 3.26. The molecule has 1 atom stereocenters. The first-order valence-corrected chi connectivity index (χ1v) is 8.00. The number of carbonyl (C=O) groups excluding carboxylic acids is 1. The molecular weight excluding hydrogens is 296 g/mol. The molecule has 3 aromatic rings. The molecule has 0 aliphatic heterocycles. The van der Waals surface area contributed by atoms with Crippen LogP contribution < -0.4 is 5.32 Å². The second-order valence-electron chi connectivity index (χ2n) is 5.12. The lowest BCUT2D eigenvalue weighted by atomic mass is 9.98. The average molecular weight is 312 g/mol. The summed E-state index contributed by atoms with van der Waals surface area (Å²) < 4.78 is 4.83. The Labute approximate surface area is 132 Å². The Hall–Kier alpha value is -2.40. The van der Waals surface area contributed by atoms with Crippen molar-refractivity contribution in [3.63, 3.8) is 0 Å². The normalized spacial score (nSPS) is 12.0. The largest absolute Gasteiger partial charge is 0.351 e. The zero-order chi connectivity index (χ0) is 15.4. The van der Waals surface area contributed by atoms with E-state index < -0.39 is 0 Å². The number of rotatable bonds is 5. The Morgan fingerprint density at radius 1 is 1.23 bits per heavy atom. The van der Waals surface area contributed by atoms with Gasteiger partial charge in [0.15, 0.2) is 0 Å². The minimum atomic E-state index is -0.237.